The van der Waals surface area contributed by atoms with Crippen molar-refractivity contribution >= 4 is 77.8 Å². The van der Waals surface area contributed by atoms with Crippen molar-refractivity contribution in [3.8, 4) is 0 Å². The summed E-state index contributed by atoms with van der Waals surface area (Å²) in [7, 11) is 0. The van der Waals surface area contributed by atoms with Crippen molar-refractivity contribution in [3.63, 3.8) is 0 Å². The van der Waals surface area contributed by atoms with E-state index >= 15 is 0 Å². The van der Waals surface area contributed by atoms with Gasteiger partial charge in [0.1, 0.15) is 24.2 Å². The molecule has 5 atom stereocenters. The summed E-state index contributed by atoms with van der Waals surface area (Å²) in [4.78, 5) is 130. The smallest absolute Gasteiger partial charge is 0.326 e. The zero-order valence-electron chi connectivity index (χ0n) is 33.2. The first-order valence-corrected chi connectivity index (χ1v) is 19.7. The van der Waals surface area contributed by atoms with Crippen LogP contribution in [0.2, 0.25) is 0 Å². The summed E-state index contributed by atoms with van der Waals surface area (Å²) in [5.74, 6) is -8.90. The molecular weight excluding hydrogens is 825 g/mol. The number of nitrogens with zero attached hydrogens (tertiary/aromatic N) is 2. The minimum atomic E-state index is -1.49. The van der Waals surface area contributed by atoms with Crippen LogP contribution >= 0.6 is 12.6 Å². The standard InChI is InChI=1S/C36H54N12O12S/c37-21(19-61)31(55)43-16-27(50)41-15-26(49)42-17-28(51)46-24(14-20-6-2-1-3-7-20)34(58)48-13-5-9-25(48)33(57)44-18-29(52)45-22(10-11-30(53)54)32(56)47-23(35(59)60)8-4-12-40-36(38)39/h1-3,6-7,21-25,61H,4-5,8-19,37H2,(H,41,50)(H,42,49)(H,43,55)(H,44,57)(H,45,52)(H,46,51)(H,47,56)(H,53,54)(H,59,60)(H4,38,39,40)/t21-,22-,23-,24-,25-/m0/s1. The number of thiol groups is 1. The van der Waals surface area contributed by atoms with Gasteiger partial charge in [0.05, 0.1) is 32.2 Å². The molecule has 0 spiro atoms. The molecule has 1 saturated heterocycles. The Balaban J connectivity index is 2.03. The highest BCUT2D eigenvalue weighted by molar-refractivity contribution is 7.80. The molecule has 24 nitrogen and oxygen atoms in total. The van der Waals surface area contributed by atoms with Crippen LogP contribution in [0.4, 0.5) is 0 Å². The van der Waals surface area contributed by atoms with Gasteiger partial charge < -0.3 is 69.5 Å². The number of nitrogens with one attached hydrogen (secondary N) is 7. The lowest BCUT2D eigenvalue weighted by Gasteiger charge is -2.29. The molecule has 0 saturated carbocycles. The number of carbonyl (C=O) groups excluding carboxylic acids is 8. The zero-order valence-corrected chi connectivity index (χ0v) is 34.1. The van der Waals surface area contributed by atoms with E-state index in [-0.39, 0.29) is 50.5 Å². The van der Waals surface area contributed by atoms with Crippen LogP contribution in [-0.2, 0) is 54.4 Å². The average molecular weight is 879 g/mol. The Morgan fingerprint density at radius 1 is 0.754 bits per heavy atom. The number of aliphatic imine (C=N–C) groups is 1. The van der Waals surface area contributed by atoms with E-state index in [2.05, 4.69) is 54.8 Å². The topological polar surface area (TPSA) is 389 Å². The minimum Gasteiger partial charge on any atom is -0.481 e. The lowest BCUT2D eigenvalue weighted by atomic mass is 10.0. The Morgan fingerprint density at radius 3 is 1.93 bits per heavy atom. The van der Waals surface area contributed by atoms with Gasteiger partial charge in [-0.15, -0.1) is 0 Å². The van der Waals surface area contributed by atoms with Crippen LogP contribution in [-0.4, -0.2) is 155 Å². The molecule has 61 heavy (non-hydrogen) atoms. The molecule has 25 heteroatoms. The first-order valence-electron chi connectivity index (χ1n) is 19.1. The van der Waals surface area contributed by atoms with Gasteiger partial charge in [-0.1, -0.05) is 30.3 Å². The van der Waals surface area contributed by atoms with Gasteiger partial charge in [0.2, 0.25) is 47.3 Å². The summed E-state index contributed by atoms with van der Waals surface area (Å²) in [5.41, 5.74) is 16.7. The maximum atomic E-state index is 13.9. The predicted octanol–water partition coefficient (Wildman–Crippen LogP) is -5.60. The van der Waals surface area contributed by atoms with Gasteiger partial charge in [-0.25, -0.2) is 4.79 Å². The second kappa shape index (κ2) is 26.6. The van der Waals surface area contributed by atoms with Crippen LogP contribution in [0, 0.1) is 0 Å². The molecule has 336 valence electrons. The van der Waals surface area contributed by atoms with Gasteiger partial charge >= 0.3 is 11.9 Å². The van der Waals surface area contributed by atoms with Crippen molar-refractivity contribution in [2.24, 2.45) is 22.2 Å². The van der Waals surface area contributed by atoms with Crippen LogP contribution in [0.1, 0.15) is 44.1 Å². The number of guanidine groups is 1. The van der Waals surface area contributed by atoms with Crippen LogP contribution in [0.5, 0.6) is 0 Å². The Bertz CT molecular complexity index is 1770. The molecule has 1 aliphatic heterocycles. The first kappa shape index (κ1) is 50.6. The predicted molar refractivity (Wildman–Crippen MR) is 219 cm³/mol. The number of benzene rings is 1. The Morgan fingerprint density at radius 2 is 1.34 bits per heavy atom. The van der Waals surface area contributed by atoms with Crippen molar-refractivity contribution in [1.29, 1.82) is 0 Å². The molecule has 1 fully saturated rings. The molecule has 15 N–H and O–H groups in total. The Hall–Kier alpha value is -6.50. The number of amides is 8. The summed E-state index contributed by atoms with van der Waals surface area (Å²) in [5, 5.41) is 35.2. The number of hydrogen-bond donors (Lipinski definition) is 13. The molecule has 1 aromatic rings. The van der Waals surface area contributed by atoms with Gasteiger partial charge in [0, 0.05) is 31.7 Å². The number of carboxylic acids is 2. The summed E-state index contributed by atoms with van der Waals surface area (Å²) in [6.07, 6.45) is -0.291. The fraction of sp³-hybridized carbons (Fsp3) is 0.528. The molecule has 0 aliphatic carbocycles. The maximum absolute atomic E-state index is 13.9. The van der Waals surface area contributed by atoms with Crippen molar-refractivity contribution in [2.75, 3.05) is 45.0 Å². The van der Waals surface area contributed by atoms with Gasteiger partial charge in [-0.05, 0) is 37.7 Å². The molecule has 0 aromatic heterocycles. The van der Waals surface area contributed by atoms with E-state index in [9.17, 15) is 58.2 Å². The van der Waals surface area contributed by atoms with Crippen molar-refractivity contribution in [3.05, 3.63) is 35.9 Å². The van der Waals surface area contributed by atoms with Crippen molar-refractivity contribution in [1.82, 2.24) is 42.1 Å². The quantitative estimate of drug-likeness (QED) is 0.0179. The van der Waals surface area contributed by atoms with E-state index in [0.717, 1.165) is 0 Å². The monoisotopic (exact) mass is 878 g/mol. The van der Waals surface area contributed by atoms with Crippen molar-refractivity contribution in [2.45, 2.75) is 75.2 Å². The molecule has 2 rings (SSSR count). The second-order valence-corrected chi connectivity index (χ2v) is 14.0. The summed E-state index contributed by atoms with van der Waals surface area (Å²) in [6, 6.07) is 2.54. The van der Waals surface area contributed by atoms with E-state index in [1.807, 2.05) is 0 Å². The Kier molecular flexibility index (Phi) is 22.1. The first-order chi connectivity index (χ1) is 28.9. The van der Waals surface area contributed by atoms with Gasteiger partial charge in [-0.3, -0.25) is 48.1 Å². The fourth-order valence-corrected chi connectivity index (χ4v) is 5.93. The molecule has 1 aromatic carbocycles. The summed E-state index contributed by atoms with van der Waals surface area (Å²) >= 11 is 3.90. The summed E-state index contributed by atoms with van der Waals surface area (Å²) in [6.45, 7) is -2.05. The normalized spacial score (nSPS) is 15.0. The zero-order chi connectivity index (χ0) is 45.5. The molecule has 0 radical (unpaired) electrons. The van der Waals surface area contributed by atoms with E-state index in [1.54, 1.807) is 30.3 Å². The number of carbonyl (C=O) groups is 10. The highest BCUT2D eigenvalue weighted by Gasteiger charge is 2.38. The van der Waals surface area contributed by atoms with E-state index in [1.165, 1.54) is 4.90 Å². The number of carboxylic acid groups (broad SMARTS) is 2. The molecule has 0 bridgehead atoms. The van der Waals surface area contributed by atoms with Gasteiger partial charge in [0.15, 0.2) is 5.96 Å². The number of hydrogen-bond acceptors (Lipinski definition) is 13. The van der Waals surface area contributed by atoms with E-state index < -0.39 is 128 Å². The number of aliphatic carboxylic acids is 2. The lowest BCUT2D eigenvalue weighted by molar-refractivity contribution is -0.143. The maximum Gasteiger partial charge on any atom is 0.326 e. The largest absolute Gasteiger partial charge is 0.481 e. The average Bonchev–Trinajstić information content (AvgIpc) is 3.72. The molecule has 1 heterocycles. The third-order valence-electron chi connectivity index (χ3n) is 8.89. The van der Waals surface area contributed by atoms with Gasteiger partial charge in [0.25, 0.3) is 0 Å². The number of nitrogens with two attached hydrogens (primary N) is 3. The second-order valence-electron chi connectivity index (χ2n) is 13.7. The molecule has 1 aliphatic rings. The fourth-order valence-electron chi connectivity index (χ4n) is 5.76. The van der Waals surface area contributed by atoms with E-state index in [0.29, 0.717) is 12.0 Å². The number of likely N-dealkylation sites (tertiary alicyclic amines) is 1. The Labute approximate surface area is 355 Å². The van der Waals surface area contributed by atoms with Crippen LogP contribution in [0.25, 0.3) is 0 Å². The highest BCUT2D eigenvalue weighted by atomic mass is 32.1. The summed E-state index contributed by atoms with van der Waals surface area (Å²) < 4.78 is 0. The molecular formula is C36H54N12O12S. The third kappa shape index (κ3) is 19.4. The van der Waals surface area contributed by atoms with Crippen LogP contribution in [0.3, 0.4) is 0 Å². The third-order valence-corrected chi connectivity index (χ3v) is 9.28. The highest BCUT2D eigenvalue weighted by Crippen LogP contribution is 2.20. The van der Waals surface area contributed by atoms with Crippen molar-refractivity contribution < 1.29 is 58.2 Å². The van der Waals surface area contributed by atoms with E-state index in [4.69, 9.17) is 17.2 Å². The number of rotatable bonds is 26. The lowest BCUT2D eigenvalue weighted by Crippen LogP contribution is -2.56. The SMILES string of the molecule is NC(N)=NCCC[C@H](NC(=O)[C@H](CCC(=O)O)NC(=O)CNC(=O)[C@@H]1CCCN1C(=O)[C@H](Cc1ccccc1)NC(=O)CNC(=O)CNC(=O)CNC(=O)[C@@H](N)CS)C(=O)O. The van der Waals surface area contributed by atoms with Crippen LogP contribution in [0.15, 0.2) is 35.3 Å². The minimum absolute atomic E-state index is 0.00402. The van der Waals surface area contributed by atoms with Gasteiger partial charge in [-0.2, -0.15) is 12.6 Å². The molecule has 8 amide bonds. The molecule has 0 unspecified atom stereocenters. The van der Waals surface area contributed by atoms with Crippen LogP contribution < -0.4 is 54.4 Å².